The van der Waals surface area contributed by atoms with Gasteiger partial charge in [0, 0.05) is 28.8 Å². The van der Waals surface area contributed by atoms with Crippen LogP contribution in [0.15, 0.2) is 48.2 Å². The van der Waals surface area contributed by atoms with Crippen molar-refractivity contribution in [1.29, 1.82) is 0 Å². The molecule has 2 heterocycles. The van der Waals surface area contributed by atoms with E-state index in [-0.39, 0.29) is 21.7 Å². The second-order valence-corrected chi connectivity index (χ2v) is 31.3. The van der Waals surface area contributed by atoms with Crippen molar-refractivity contribution in [2.45, 2.75) is 123 Å². The van der Waals surface area contributed by atoms with Gasteiger partial charge in [-0.2, -0.15) is 0 Å². The number of rotatable bonds is 6. The van der Waals surface area contributed by atoms with Crippen LogP contribution in [0.2, 0.25) is 54.4 Å². The third kappa shape index (κ3) is 7.26. The van der Waals surface area contributed by atoms with Gasteiger partial charge in [-0.15, -0.1) is 0 Å². The summed E-state index contributed by atoms with van der Waals surface area (Å²) in [5.74, 6) is 3.46. The van der Waals surface area contributed by atoms with E-state index in [0.29, 0.717) is 17.1 Å². The van der Waals surface area contributed by atoms with Crippen LogP contribution in [0, 0.1) is 0 Å². The quantitative estimate of drug-likeness (QED) is 0.309. The van der Waals surface area contributed by atoms with E-state index in [1.54, 1.807) is 0 Å². The zero-order valence-electron chi connectivity index (χ0n) is 30.3. The van der Waals surface area contributed by atoms with E-state index in [4.69, 9.17) is 22.8 Å². The van der Waals surface area contributed by atoms with E-state index in [1.807, 2.05) is 42.5 Å². The SMILES string of the molecule is CC(C)(C)[Si](C)(C)O/C1=C/C2=C(c3ccc(O[Si](C)(C)C(C)(C)C)cc3OC1)C(O)Oc1cc(O[Si](C)(C)C(C)(C)C)ccc12. The number of ether oxygens (including phenoxy) is 2. The molecule has 2 aliphatic rings. The standard InChI is InChI=1S/C36H56O6Si3/c1-34(2,3)43(10,11)40-24-17-19-28-30(21-24)38-23-26(42-45(14,15)36(7,8)9)20-29-27-18-16-25(41-44(12,13)35(4,5)6)22-31(27)39-33(37)32(28)29/h16-22,33,37H,23H2,1-15H3/b26-20+. The Hall–Kier alpha value is -2.47. The topological polar surface area (TPSA) is 66.4 Å². The van der Waals surface area contributed by atoms with E-state index >= 15 is 0 Å². The molecule has 2 aromatic carbocycles. The zero-order chi connectivity index (χ0) is 34.0. The normalized spacial score (nSPS) is 19.0. The van der Waals surface area contributed by atoms with Gasteiger partial charge >= 0.3 is 0 Å². The number of hydrogen-bond donors (Lipinski definition) is 1. The van der Waals surface area contributed by atoms with Crippen LogP contribution in [-0.2, 0) is 4.43 Å². The molecule has 0 saturated heterocycles. The molecular weight excluding hydrogens is 613 g/mol. The first kappa shape index (κ1) is 35.4. The third-order valence-corrected chi connectivity index (χ3v) is 23.6. The molecule has 0 saturated carbocycles. The van der Waals surface area contributed by atoms with Crippen LogP contribution < -0.4 is 18.3 Å². The van der Waals surface area contributed by atoms with Crippen molar-refractivity contribution in [3.05, 3.63) is 59.4 Å². The molecule has 0 bridgehead atoms. The van der Waals surface area contributed by atoms with Crippen molar-refractivity contribution in [3.8, 4) is 23.0 Å². The van der Waals surface area contributed by atoms with Crippen molar-refractivity contribution in [2.24, 2.45) is 0 Å². The molecule has 0 amide bonds. The Kier molecular flexibility index (Phi) is 9.16. The van der Waals surface area contributed by atoms with Crippen LogP contribution in [0.4, 0.5) is 0 Å². The Morgan fingerprint density at radius 1 is 0.644 bits per heavy atom. The van der Waals surface area contributed by atoms with Gasteiger partial charge in [-0.3, -0.25) is 0 Å². The first-order valence-electron chi connectivity index (χ1n) is 16.1. The summed E-state index contributed by atoms with van der Waals surface area (Å²) in [6, 6.07) is 11.9. The predicted octanol–water partition coefficient (Wildman–Crippen LogP) is 10.4. The number of hydrogen-bond acceptors (Lipinski definition) is 6. The lowest BCUT2D eigenvalue weighted by atomic mass is 9.90. The fourth-order valence-corrected chi connectivity index (χ4v) is 7.60. The zero-order valence-corrected chi connectivity index (χ0v) is 33.3. The van der Waals surface area contributed by atoms with Crippen LogP contribution >= 0.6 is 0 Å². The molecule has 0 aromatic heterocycles. The minimum absolute atomic E-state index is 0.00140. The molecule has 248 valence electrons. The first-order chi connectivity index (χ1) is 20.3. The van der Waals surface area contributed by atoms with E-state index in [9.17, 15) is 5.11 Å². The highest BCUT2D eigenvalue weighted by molar-refractivity contribution is 6.75. The average molecular weight is 669 g/mol. The summed E-state index contributed by atoms with van der Waals surface area (Å²) < 4.78 is 32.8. The summed E-state index contributed by atoms with van der Waals surface area (Å²) in [6.07, 6.45) is 0.825. The van der Waals surface area contributed by atoms with Gasteiger partial charge < -0.3 is 27.9 Å². The molecule has 1 atom stereocenters. The highest BCUT2D eigenvalue weighted by Gasteiger charge is 2.42. The molecule has 9 heteroatoms. The molecule has 0 fully saturated rings. The molecule has 2 aliphatic heterocycles. The second kappa shape index (κ2) is 11.6. The number of aliphatic hydroxyl groups excluding tert-OH is 1. The van der Waals surface area contributed by atoms with Crippen molar-refractivity contribution in [3.63, 3.8) is 0 Å². The summed E-state index contributed by atoms with van der Waals surface area (Å²) >= 11 is 0. The maximum absolute atomic E-state index is 11.6. The third-order valence-electron chi connectivity index (χ3n) is 10.5. The highest BCUT2D eigenvalue weighted by Crippen LogP contribution is 2.48. The maximum Gasteiger partial charge on any atom is 0.250 e. The molecule has 45 heavy (non-hydrogen) atoms. The number of allylic oxidation sites excluding steroid dienone is 2. The average Bonchev–Trinajstić information content (AvgIpc) is 2.84. The minimum atomic E-state index is -2.20. The molecule has 1 N–H and O–H groups in total. The van der Waals surface area contributed by atoms with Gasteiger partial charge in [-0.1, -0.05) is 62.3 Å². The van der Waals surface area contributed by atoms with Gasteiger partial charge in [0.1, 0.15) is 35.4 Å². The van der Waals surface area contributed by atoms with Gasteiger partial charge in [0.15, 0.2) is 0 Å². The van der Waals surface area contributed by atoms with Crippen LogP contribution in [-0.4, -0.2) is 43.0 Å². The molecule has 1 unspecified atom stereocenters. The molecule has 2 aromatic rings. The van der Waals surface area contributed by atoms with Gasteiger partial charge in [0.25, 0.3) is 0 Å². The van der Waals surface area contributed by atoms with Crippen LogP contribution in [0.3, 0.4) is 0 Å². The van der Waals surface area contributed by atoms with Crippen molar-refractivity contribution in [1.82, 2.24) is 0 Å². The largest absolute Gasteiger partial charge is 0.544 e. The lowest BCUT2D eigenvalue weighted by Crippen LogP contribution is -2.43. The van der Waals surface area contributed by atoms with E-state index in [0.717, 1.165) is 34.0 Å². The predicted molar refractivity (Wildman–Crippen MR) is 194 cm³/mol. The molecular formula is C36H56O6Si3. The second-order valence-electron chi connectivity index (χ2n) is 17.1. The van der Waals surface area contributed by atoms with Crippen LogP contribution in [0.1, 0.15) is 73.4 Å². The van der Waals surface area contributed by atoms with Crippen molar-refractivity contribution < 1.29 is 27.9 Å². The summed E-state index contributed by atoms with van der Waals surface area (Å²) in [5.41, 5.74) is 3.16. The monoisotopic (exact) mass is 668 g/mol. The van der Waals surface area contributed by atoms with Crippen LogP contribution in [0.25, 0.3) is 11.1 Å². The van der Waals surface area contributed by atoms with E-state index < -0.39 is 31.2 Å². The summed E-state index contributed by atoms with van der Waals surface area (Å²) in [5, 5.41) is 11.7. The Bertz CT molecular complexity index is 1500. The fraction of sp³-hybridized carbons (Fsp3) is 0.556. The number of benzene rings is 2. The highest BCUT2D eigenvalue weighted by atomic mass is 28.4. The minimum Gasteiger partial charge on any atom is -0.544 e. The summed E-state index contributed by atoms with van der Waals surface area (Å²) in [4.78, 5) is 0. The van der Waals surface area contributed by atoms with Crippen molar-refractivity contribution >= 4 is 36.1 Å². The molecule has 4 rings (SSSR count). The Balaban J connectivity index is 1.88. The van der Waals surface area contributed by atoms with E-state index in [2.05, 4.69) is 102 Å². The fourth-order valence-electron chi connectivity index (χ4n) is 4.47. The molecule has 0 radical (unpaired) electrons. The lowest BCUT2D eigenvalue weighted by molar-refractivity contribution is 0.0312. The molecule has 6 nitrogen and oxygen atoms in total. The Morgan fingerprint density at radius 2 is 1.09 bits per heavy atom. The Morgan fingerprint density at radius 3 is 1.58 bits per heavy atom. The van der Waals surface area contributed by atoms with Gasteiger partial charge in [-0.05, 0) is 90.3 Å². The van der Waals surface area contributed by atoms with E-state index in [1.165, 1.54) is 0 Å². The number of aliphatic hydroxyl groups is 1. The number of fused-ring (bicyclic) bond motifs is 4. The van der Waals surface area contributed by atoms with Gasteiger partial charge in [0.2, 0.25) is 31.2 Å². The maximum atomic E-state index is 11.6. The molecule has 0 aliphatic carbocycles. The lowest BCUT2D eigenvalue weighted by Gasteiger charge is -2.38. The van der Waals surface area contributed by atoms with Crippen LogP contribution in [0.5, 0.6) is 23.0 Å². The molecule has 0 spiro atoms. The van der Waals surface area contributed by atoms with Gasteiger partial charge in [0.05, 0.1) is 0 Å². The first-order valence-corrected chi connectivity index (χ1v) is 24.8. The Labute approximate surface area is 275 Å². The van der Waals surface area contributed by atoms with Gasteiger partial charge in [-0.25, -0.2) is 0 Å². The smallest absolute Gasteiger partial charge is 0.250 e. The van der Waals surface area contributed by atoms with Crippen molar-refractivity contribution in [2.75, 3.05) is 6.61 Å². The summed E-state index contributed by atoms with van der Waals surface area (Å²) in [6.45, 7) is 33.7. The summed E-state index contributed by atoms with van der Waals surface area (Å²) in [7, 11) is -6.37.